The first kappa shape index (κ1) is 18.8. The number of benzene rings is 1. The minimum Gasteiger partial charge on any atom is -0.392 e. The molecule has 2 rings (SSSR count). The van der Waals surface area contributed by atoms with E-state index in [1.54, 1.807) is 0 Å². The van der Waals surface area contributed by atoms with Crippen molar-refractivity contribution >= 4 is 27.0 Å². The Bertz CT molecular complexity index is 376. The summed E-state index contributed by atoms with van der Waals surface area (Å²) in [5, 5.41) is 12.9. The molecule has 0 saturated carbocycles. The normalized spacial score (nSPS) is 20.5. The number of β-amino-alcohol motifs (C(OH)–C–C–N with tert-alkyl or cyclic N) is 1. The number of rotatable bonds is 4. The highest BCUT2D eigenvalue weighted by molar-refractivity contribution is 7.59. The highest BCUT2D eigenvalue weighted by atomic mass is 32.1. The molecule has 1 aliphatic heterocycles. The molecule has 0 radical (unpaired) electrons. The molecule has 0 unspecified atom stereocenters. The maximum atomic E-state index is 9.54. The topological polar surface area (TPSA) is 35.5 Å². The Morgan fingerprint density at radius 3 is 2.68 bits per heavy atom. The minimum absolute atomic E-state index is 0. The summed E-state index contributed by atoms with van der Waals surface area (Å²) < 4.78 is 0. The number of hydrogen-bond acceptors (Lipinski definition) is 3. The summed E-state index contributed by atoms with van der Waals surface area (Å²) in [6.45, 7) is 4.90. The Hall–Kier alpha value is -0.200. The average Bonchev–Trinajstić information content (AvgIpc) is 2.72. The van der Waals surface area contributed by atoms with E-state index in [0.717, 1.165) is 26.1 Å². The molecule has 0 aromatic heterocycles. The van der Waals surface area contributed by atoms with Crippen LogP contribution in [0.3, 0.4) is 0 Å². The molecule has 2 N–H and O–H groups in total. The molecule has 1 aliphatic rings. The van der Waals surface area contributed by atoms with Crippen molar-refractivity contribution in [1.82, 2.24) is 10.2 Å². The van der Waals surface area contributed by atoms with Gasteiger partial charge < -0.3 is 10.4 Å². The molecule has 1 aromatic rings. The summed E-state index contributed by atoms with van der Waals surface area (Å²) in [5.41, 5.74) is 2.62. The van der Waals surface area contributed by atoms with Crippen molar-refractivity contribution in [2.75, 3.05) is 26.7 Å². The molecule has 3 nitrogen and oxygen atoms in total. The Morgan fingerprint density at radius 2 is 2.16 bits per heavy atom. The molecule has 1 heterocycles. The number of aliphatic hydroxyl groups is 1. The molecule has 0 spiro atoms. The lowest BCUT2D eigenvalue weighted by Crippen LogP contribution is -2.33. The molecule has 0 amide bonds. The lowest BCUT2D eigenvalue weighted by atomic mass is 10.0. The zero-order valence-corrected chi connectivity index (χ0v) is 13.7. The molecule has 5 heteroatoms. The summed E-state index contributed by atoms with van der Waals surface area (Å²) >= 11 is 0. The summed E-state index contributed by atoms with van der Waals surface area (Å²) in [4.78, 5) is 2.33. The molecule has 0 aliphatic carbocycles. The standard InChI is InChI=1S/C14H22N2O.2H2S/c1-11-4-3-5-12(8-11)14(15-2)10-16-7-6-13(17)9-16;;/h3-5,8,13-15,17H,6-7,9-10H2,1-2H3;2*1H2/t13-,14-;;/m0../s1. The Kier molecular flexibility index (Phi) is 8.78. The monoisotopic (exact) mass is 302 g/mol. The van der Waals surface area contributed by atoms with Crippen molar-refractivity contribution in [1.29, 1.82) is 0 Å². The van der Waals surface area contributed by atoms with Gasteiger partial charge in [-0.3, -0.25) is 4.90 Å². The largest absolute Gasteiger partial charge is 0.392 e. The minimum atomic E-state index is -0.134. The number of nitrogens with one attached hydrogen (secondary N) is 1. The van der Waals surface area contributed by atoms with Gasteiger partial charge >= 0.3 is 0 Å². The van der Waals surface area contributed by atoms with Crippen LogP contribution in [0.4, 0.5) is 0 Å². The van der Waals surface area contributed by atoms with Crippen LogP contribution < -0.4 is 5.32 Å². The van der Waals surface area contributed by atoms with Crippen LogP contribution in [0.25, 0.3) is 0 Å². The molecule has 1 saturated heterocycles. The second-order valence-corrected chi connectivity index (χ2v) is 4.96. The lowest BCUT2D eigenvalue weighted by molar-refractivity contribution is 0.173. The van der Waals surface area contributed by atoms with Crippen molar-refractivity contribution < 1.29 is 5.11 Å². The van der Waals surface area contributed by atoms with Gasteiger partial charge in [-0.2, -0.15) is 27.0 Å². The third-order valence-corrected chi connectivity index (χ3v) is 3.48. The predicted molar refractivity (Wildman–Crippen MR) is 90.8 cm³/mol. The third kappa shape index (κ3) is 5.36. The fraction of sp³-hybridized carbons (Fsp3) is 0.571. The van der Waals surface area contributed by atoms with E-state index in [9.17, 15) is 5.11 Å². The van der Waals surface area contributed by atoms with E-state index in [0.29, 0.717) is 6.04 Å². The zero-order valence-electron chi connectivity index (χ0n) is 11.7. The third-order valence-electron chi connectivity index (χ3n) is 3.48. The molecular weight excluding hydrogens is 276 g/mol. The van der Waals surface area contributed by atoms with Gasteiger partial charge in [0.1, 0.15) is 0 Å². The van der Waals surface area contributed by atoms with E-state index in [1.807, 2.05) is 7.05 Å². The van der Waals surface area contributed by atoms with Gasteiger partial charge in [-0.1, -0.05) is 29.8 Å². The maximum absolute atomic E-state index is 9.54. The number of aliphatic hydroxyl groups excluding tert-OH is 1. The number of hydrogen-bond donors (Lipinski definition) is 2. The highest BCUT2D eigenvalue weighted by Crippen LogP contribution is 2.18. The SMILES string of the molecule is CN[C@@H](CN1CC[C@H](O)C1)c1cccc(C)c1.S.S. The molecule has 0 bridgehead atoms. The fourth-order valence-corrected chi connectivity index (χ4v) is 2.49. The second kappa shape index (κ2) is 8.87. The summed E-state index contributed by atoms with van der Waals surface area (Å²) in [6, 6.07) is 8.97. The molecule has 2 atom stereocenters. The van der Waals surface area contributed by atoms with Gasteiger partial charge in [0.25, 0.3) is 0 Å². The van der Waals surface area contributed by atoms with Crippen molar-refractivity contribution in [2.24, 2.45) is 0 Å². The van der Waals surface area contributed by atoms with Crippen molar-refractivity contribution in [3.05, 3.63) is 35.4 Å². The highest BCUT2D eigenvalue weighted by Gasteiger charge is 2.22. The van der Waals surface area contributed by atoms with Gasteiger partial charge in [-0.15, -0.1) is 0 Å². The quantitative estimate of drug-likeness (QED) is 0.886. The van der Waals surface area contributed by atoms with Gasteiger partial charge in [0.2, 0.25) is 0 Å². The molecule has 110 valence electrons. The van der Waals surface area contributed by atoms with Crippen LogP contribution in [0.1, 0.15) is 23.6 Å². The first-order chi connectivity index (χ1) is 8.19. The first-order valence-electron chi connectivity index (χ1n) is 6.33. The van der Waals surface area contributed by atoms with Crippen molar-refractivity contribution in [3.8, 4) is 0 Å². The van der Waals surface area contributed by atoms with E-state index in [2.05, 4.69) is 41.4 Å². The van der Waals surface area contributed by atoms with Gasteiger partial charge in [-0.25, -0.2) is 0 Å². The van der Waals surface area contributed by atoms with Crippen LogP contribution in [0.15, 0.2) is 24.3 Å². The van der Waals surface area contributed by atoms with E-state index in [1.165, 1.54) is 11.1 Å². The van der Waals surface area contributed by atoms with Crippen LogP contribution in [0, 0.1) is 6.92 Å². The fourth-order valence-electron chi connectivity index (χ4n) is 2.49. The molecule has 19 heavy (non-hydrogen) atoms. The van der Waals surface area contributed by atoms with Gasteiger partial charge in [0, 0.05) is 25.7 Å². The number of nitrogens with zero attached hydrogens (tertiary/aromatic N) is 1. The van der Waals surface area contributed by atoms with E-state index < -0.39 is 0 Å². The number of aryl methyl sites for hydroxylation is 1. The van der Waals surface area contributed by atoms with Crippen molar-refractivity contribution in [3.63, 3.8) is 0 Å². The van der Waals surface area contributed by atoms with Crippen LogP contribution in [0.2, 0.25) is 0 Å². The van der Waals surface area contributed by atoms with Crippen LogP contribution in [-0.4, -0.2) is 42.8 Å². The van der Waals surface area contributed by atoms with E-state index in [-0.39, 0.29) is 33.1 Å². The smallest absolute Gasteiger partial charge is 0.0679 e. The van der Waals surface area contributed by atoms with Gasteiger partial charge in [0.15, 0.2) is 0 Å². The summed E-state index contributed by atoms with van der Waals surface area (Å²) in [6.07, 6.45) is 0.773. The maximum Gasteiger partial charge on any atom is 0.0679 e. The van der Waals surface area contributed by atoms with Gasteiger partial charge in [-0.05, 0) is 26.0 Å². The summed E-state index contributed by atoms with van der Waals surface area (Å²) in [7, 11) is 2.00. The van der Waals surface area contributed by atoms with Gasteiger partial charge in [0.05, 0.1) is 6.10 Å². The molecule has 1 fully saturated rings. The van der Waals surface area contributed by atoms with E-state index >= 15 is 0 Å². The Labute approximate surface area is 130 Å². The van der Waals surface area contributed by atoms with Crippen molar-refractivity contribution in [2.45, 2.75) is 25.5 Å². The number of likely N-dealkylation sites (N-methyl/N-ethyl adjacent to an activating group) is 1. The van der Waals surface area contributed by atoms with Crippen LogP contribution in [-0.2, 0) is 0 Å². The first-order valence-corrected chi connectivity index (χ1v) is 6.33. The van der Waals surface area contributed by atoms with E-state index in [4.69, 9.17) is 0 Å². The lowest BCUT2D eigenvalue weighted by Gasteiger charge is -2.23. The second-order valence-electron chi connectivity index (χ2n) is 4.96. The summed E-state index contributed by atoms with van der Waals surface area (Å²) in [5.74, 6) is 0. The average molecular weight is 303 g/mol. The zero-order chi connectivity index (χ0) is 12.3. The van der Waals surface area contributed by atoms with Crippen LogP contribution >= 0.6 is 27.0 Å². The Morgan fingerprint density at radius 1 is 1.42 bits per heavy atom. The molecular formula is C14H26N2OS2. The Balaban J connectivity index is 0.00000162. The molecule has 1 aromatic carbocycles. The van der Waals surface area contributed by atoms with Crippen LogP contribution in [0.5, 0.6) is 0 Å². The number of likely N-dealkylation sites (tertiary alicyclic amines) is 1. The predicted octanol–water partition coefficient (Wildman–Crippen LogP) is 1.55.